The van der Waals surface area contributed by atoms with Crippen molar-refractivity contribution in [2.24, 2.45) is 11.1 Å². The zero-order valence-electron chi connectivity index (χ0n) is 11.3. The van der Waals surface area contributed by atoms with Crippen molar-refractivity contribution >= 4 is 11.8 Å². The summed E-state index contributed by atoms with van der Waals surface area (Å²) in [4.78, 5) is 25.6. The first-order valence-corrected chi connectivity index (χ1v) is 6.58. The summed E-state index contributed by atoms with van der Waals surface area (Å²) in [6.45, 7) is 6.38. The maximum atomic E-state index is 12.1. The highest BCUT2D eigenvalue weighted by molar-refractivity contribution is 5.99. The smallest absolute Gasteiger partial charge is 0.230 e. The Morgan fingerprint density at radius 2 is 1.89 bits per heavy atom. The van der Waals surface area contributed by atoms with Gasteiger partial charge in [0, 0.05) is 25.5 Å². The highest BCUT2D eigenvalue weighted by Gasteiger charge is 2.50. The van der Waals surface area contributed by atoms with Crippen LogP contribution < -0.4 is 5.73 Å². The Morgan fingerprint density at radius 3 is 2.33 bits per heavy atom. The van der Waals surface area contributed by atoms with Crippen LogP contribution in [0, 0.1) is 5.41 Å². The lowest BCUT2D eigenvalue weighted by atomic mass is 9.76. The van der Waals surface area contributed by atoms with E-state index in [2.05, 4.69) is 0 Å². The summed E-state index contributed by atoms with van der Waals surface area (Å²) in [5.41, 5.74) is 5.70. The molecular formula is C13H22N2O3. The predicted octanol–water partition coefficient (Wildman–Crippen LogP) is 0.666. The van der Waals surface area contributed by atoms with Crippen LogP contribution in [0.1, 0.15) is 40.0 Å². The summed E-state index contributed by atoms with van der Waals surface area (Å²) in [5.74, 6) is -0.220. The molecule has 1 saturated heterocycles. The lowest BCUT2D eigenvalue weighted by molar-refractivity contribution is -0.167. The van der Waals surface area contributed by atoms with Gasteiger partial charge in [0.1, 0.15) is 0 Å². The lowest BCUT2D eigenvalue weighted by Crippen LogP contribution is -2.68. The maximum Gasteiger partial charge on any atom is 0.230 e. The normalized spacial score (nSPS) is 35.6. The van der Waals surface area contributed by atoms with E-state index in [0.717, 1.165) is 6.42 Å². The Balaban J connectivity index is 2.12. The Morgan fingerprint density at radius 1 is 1.33 bits per heavy atom. The van der Waals surface area contributed by atoms with E-state index in [1.54, 1.807) is 0 Å². The Kier molecular flexibility index (Phi) is 3.47. The van der Waals surface area contributed by atoms with Gasteiger partial charge in [0.15, 0.2) is 0 Å². The number of rotatable bonds is 3. The Labute approximate surface area is 108 Å². The highest BCUT2D eigenvalue weighted by Crippen LogP contribution is 2.37. The third kappa shape index (κ3) is 2.29. The molecular weight excluding hydrogens is 232 g/mol. The van der Waals surface area contributed by atoms with E-state index in [1.807, 2.05) is 20.8 Å². The minimum Gasteiger partial charge on any atom is -0.376 e. The number of nitrogens with two attached hydrogens (primary N) is 1. The average Bonchev–Trinajstić information content (AvgIpc) is 2.21. The second-order valence-corrected chi connectivity index (χ2v) is 6.06. The van der Waals surface area contributed by atoms with Crippen LogP contribution in [0.5, 0.6) is 0 Å². The van der Waals surface area contributed by atoms with Crippen molar-refractivity contribution in [2.75, 3.05) is 6.61 Å². The molecule has 3 atom stereocenters. The predicted molar refractivity (Wildman–Crippen MR) is 66.7 cm³/mol. The summed E-state index contributed by atoms with van der Waals surface area (Å²) >= 11 is 0. The molecule has 2 N–H and O–H groups in total. The summed E-state index contributed by atoms with van der Waals surface area (Å²) < 4.78 is 5.54. The molecule has 5 nitrogen and oxygen atoms in total. The highest BCUT2D eigenvalue weighted by atomic mass is 16.5. The van der Waals surface area contributed by atoms with Crippen LogP contribution in [0.4, 0.5) is 0 Å². The molecule has 2 amide bonds. The Bertz CT molecular complexity index is 345. The lowest BCUT2D eigenvalue weighted by Gasteiger charge is -2.49. The molecule has 1 saturated carbocycles. The van der Waals surface area contributed by atoms with E-state index in [-0.39, 0.29) is 35.4 Å². The molecule has 2 fully saturated rings. The largest absolute Gasteiger partial charge is 0.376 e. The molecule has 3 unspecified atom stereocenters. The van der Waals surface area contributed by atoms with E-state index in [1.165, 1.54) is 4.90 Å². The fourth-order valence-electron chi connectivity index (χ4n) is 2.89. The number of carbonyl (C=O) groups excluding carboxylic acids is 2. The molecule has 0 bridgehead atoms. The van der Waals surface area contributed by atoms with Crippen molar-refractivity contribution < 1.29 is 14.3 Å². The van der Waals surface area contributed by atoms with Gasteiger partial charge in [0.25, 0.3) is 0 Å². The van der Waals surface area contributed by atoms with Crippen LogP contribution in [0.3, 0.4) is 0 Å². The molecule has 1 aliphatic heterocycles. The number of amides is 2. The summed E-state index contributed by atoms with van der Waals surface area (Å²) in [7, 11) is 0. The summed E-state index contributed by atoms with van der Waals surface area (Å²) in [5, 5.41) is 0. The minimum atomic E-state index is -0.263. The first kappa shape index (κ1) is 13.5. The molecule has 0 spiro atoms. The zero-order chi connectivity index (χ0) is 13.5. The van der Waals surface area contributed by atoms with E-state index < -0.39 is 0 Å². The third-order valence-electron chi connectivity index (χ3n) is 3.80. The molecule has 2 aliphatic rings. The van der Waals surface area contributed by atoms with Crippen LogP contribution in [-0.2, 0) is 14.3 Å². The quantitative estimate of drug-likeness (QED) is 0.751. The second-order valence-electron chi connectivity index (χ2n) is 6.06. The molecule has 2 rings (SSSR count). The maximum absolute atomic E-state index is 12.1. The van der Waals surface area contributed by atoms with Crippen molar-refractivity contribution in [1.29, 1.82) is 0 Å². The molecule has 5 heteroatoms. The zero-order valence-corrected chi connectivity index (χ0v) is 11.3. The molecule has 1 heterocycles. The minimum absolute atomic E-state index is 0.0842. The van der Waals surface area contributed by atoms with Gasteiger partial charge in [-0.3, -0.25) is 14.5 Å². The SMILES string of the molecule is CCOC1CC(N)C1N1C(=O)CC(C)(C)CC1=O. The van der Waals surface area contributed by atoms with Gasteiger partial charge >= 0.3 is 0 Å². The molecule has 0 aromatic carbocycles. The van der Waals surface area contributed by atoms with Crippen LogP contribution in [-0.4, -0.2) is 41.5 Å². The van der Waals surface area contributed by atoms with Gasteiger partial charge in [-0.15, -0.1) is 0 Å². The monoisotopic (exact) mass is 254 g/mol. The van der Waals surface area contributed by atoms with Gasteiger partial charge in [-0.2, -0.15) is 0 Å². The van der Waals surface area contributed by atoms with E-state index in [9.17, 15) is 9.59 Å². The Hall–Kier alpha value is -0.940. The molecule has 0 radical (unpaired) electrons. The fourth-order valence-corrected chi connectivity index (χ4v) is 2.89. The van der Waals surface area contributed by atoms with E-state index >= 15 is 0 Å². The molecule has 18 heavy (non-hydrogen) atoms. The third-order valence-corrected chi connectivity index (χ3v) is 3.80. The van der Waals surface area contributed by atoms with Crippen molar-refractivity contribution in [2.45, 2.75) is 58.2 Å². The first-order chi connectivity index (χ1) is 8.35. The molecule has 1 aliphatic carbocycles. The number of carbonyl (C=O) groups is 2. The summed E-state index contributed by atoms with van der Waals surface area (Å²) in [6.07, 6.45) is 1.44. The summed E-state index contributed by atoms with van der Waals surface area (Å²) in [6, 6.07) is -0.406. The first-order valence-electron chi connectivity index (χ1n) is 6.58. The van der Waals surface area contributed by atoms with Gasteiger partial charge in [0.2, 0.25) is 11.8 Å². The molecule has 0 aromatic heterocycles. The van der Waals surface area contributed by atoms with Gasteiger partial charge < -0.3 is 10.5 Å². The standard InChI is InChI=1S/C13H22N2O3/c1-4-18-9-5-8(14)12(9)15-10(16)6-13(2,3)7-11(15)17/h8-9,12H,4-7,14H2,1-3H3. The topological polar surface area (TPSA) is 72.6 Å². The average molecular weight is 254 g/mol. The van der Waals surface area contributed by atoms with Crippen molar-refractivity contribution in [3.8, 4) is 0 Å². The number of ether oxygens (including phenoxy) is 1. The molecule has 102 valence electrons. The number of likely N-dealkylation sites (tertiary alicyclic amines) is 1. The van der Waals surface area contributed by atoms with Gasteiger partial charge in [0.05, 0.1) is 12.1 Å². The fraction of sp³-hybridized carbons (Fsp3) is 0.846. The van der Waals surface area contributed by atoms with E-state index in [0.29, 0.717) is 19.4 Å². The van der Waals surface area contributed by atoms with Crippen LogP contribution in [0.2, 0.25) is 0 Å². The van der Waals surface area contributed by atoms with Crippen LogP contribution >= 0.6 is 0 Å². The molecule has 0 aromatic rings. The van der Waals surface area contributed by atoms with Gasteiger partial charge in [-0.05, 0) is 18.8 Å². The number of hydrogen-bond donors (Lipinski definition) is 1. The van der Waals surface area contributed by atoms with Crippen LogP contribution in [0.25, 0.3) is 0 Å². The van der Waals surface area contributed by atoms with Gasteiger partial charge in [-0.1, -0.05) is 13.8 Å². The number of hydrogen-bond acceptors (Lipinski definition) is 4. The van der Waals surface area contributed by atoms with Crippen molar-refractivity contribution in [1.82, 2.24) is 4.90 Å². The number of imide groups is 1. The van der Waals surface area contributed by atoms with Crippen molar-refractivity contribution in [3.05, 3.63) is 0 Å². The second kappa shape index (κ2) is 4.63. The van der Waals surface area contributed by atoms with E-state index in [4.69, 9.17) is 10.5 Å². The number of nitrogens with zero attached hydrogens (tertiary/aromatic N) is 1. The number of piperidine rings is 1. The van der Waals surface area contributed by atoms with Gasteiger partial charge in [-0.25, -0.2) is 0 Å². The van der Waals surface area contributed by atoms with Crippen molar-refractivity contribution in [3.63, 3.8) is 0 Å². The van der Waals surface area contributed by atoms with Crippen LogP contribution in [0.15, 0.2) is 0 Å².